The molecule has 1 saturated heterocycles. The number of aliphatic hydroxyl groups is 6. The summed E-state index contributed by atoms with van der Waals surface area (Å²) >= 11 is 0. The van der Waals surface area contributed by atoms with Gasteiger partial charge >= 0.3 is 0 Å². The van der Waals surface area contributed by atoms with Gasteiger partial charge < -0.3 is 45.0 Å². The first kappa shape index (κ1) is 51.9. The maximum absolute atomic E-state index is 11.5. The van der Waals surface area contributed by atoms with Gasteiger partial charge in [-0.15, -0.1) is 5.10 Å². The Labute approximate surface area is 347 Å². The minimum Gasteiger partial charge on any atom is -0.394 e. The van der Waals surface area contributed by atoms with Gasteiger partial charge in [-0.3, -0.25) is 0 Å². The van der Waals surface area contributed by atoms with Gasteiger partial charge in [0, 0.05) is 6.20 Å². The van der Waals surface area contributed by atoms with E-state index in [9.17, 15) is 30.6 Å². The van der Waals surface area contributed by atoms with Crippen LogP contribution in [0.4, 0.5) is 0 Å². The van der Waals surface area contributed by atoms with Crippen LogP contribution in [0.5, 0.6) is 0 Å². The van der Waals surface area contributed by atoms with E-state index < -0.39 is 55.6 Å². The molecule has 0 bridgehead atoms. The SMILES string of the molecule is CCCCCCCCCCCCCC[C@@H](O)[C@@H](O)[C@H](CO[C@H]1O[C@H](CO)[C@H](O)[C@H](O)[C@H]1O)n1cc(CCCCCN(CCCCCCC)CCCCCCC)nn1. The van der Waals surface area contributed by atoms with E-state index >= 15 is 0 Å². The number of aryl methyl sites for hydroxylation is 1. The van der Waals surface area contributed by atoms with Gasteiger partial charge in [0.2, 0.25) is 0 Å². The monoisotopic (exact) mass is 813 g/mol. The van der Waals surface area contributed by atoms with Crippen molar-refractivity contribution in [1.29, 1.82) is 0 Å². The normalized spacial score (nSPS) is 21.7. The van der Waals surface area contributed by atoms with Gasteiger partial charge in [0.25, 0.3) is 0 Å². The summed E-state index contributed by atoms with van der Waals surface area (Å²) in [5, 5.41) is 72.0. The summed E-state index contributed by atoms with van der Waals surface area (Å²) in [6.45, 7) is 9.48. The molecule has 2 heterocycles. The second-order valence-electron chi connectivity index (χ2n) is 17.0. The molecule has 0 amide bonds. The molecule has 0 aliphatic carbocycles. The van der Waals surface area contributed by atoms with E-state index in [4.69, 9.17) is 9.47 Å². The van der Waals surface area contributed by atoms with Crippen LogP contribution in [0.1, 0.15) is 199 Å². The fraction of sp³-hybridized carbons (Fsp3) is 0.956. The maximum atomic E-state index is 11.5. The van der Waals surface area contributed by atoms with Crippen molar-refractivity contribution >= 4 is 0 Å². The second-order valence-corrected chi connectivity index (χ2v) is 17.0. The van der Waals surface area contributed by atoms with Gasteiger partial charge in [-0.2, -0.15) is 0 Å². The molecule has 2 rings (SSSR count). The minimum atomic E-state index is -1.58. The highest BCUT2D eigenvalue weighted by Crippen LogP contribution is 2.26. The zero-order valence-corrected chi connectivity index (χ0v) is 36.6. The van der Waals surface area contributed by atoms with Crippen molar-refractivity contribution in [2.45, 2.75) is 243 Å². The predicted molar refractivity (Wildman–Crippen MR) is 228 cm³/mol. The molecule has 12 heteroatoms. The van der Waals surface area contributed by atoms with Crippen molar-refractivity contribution in [3.05, 3.63) is 11.9 Å². The zero-order chi connectivity index (χ0) is 41.5. The van der Waals surface area contributed by atoms with Gasteiger partial charge in [-0.1, -0.05) is 161 Å². The third kappa shape index (κ3) is 22.3. The van der Waals surface area contributed by atoms with E-state index in [1.54, 1.807) is 6.20 Å². The van der Waals surface area contributed by atoms with Gasteiger partial charge in [0.05, 0.1) is 25.0 Å². The number of ether oxygens (including phenoxy) is 2. The van der Waals surface area contributed by atoms with Crippen LogP contribution in [0.2, 0.25) is 0 Å². The number of aliphatic hydroxyl groups excluding tert-OH is 6. The number of aromatic nitrogens is 3. The van der Waals surface area contributed by atoms with E-state index in [2.05, 4.69) is 36.0 Å². The Morgan fingerprint density at radius 1 is 0.649 bits per heavy atom. The molecular formula is C45H88N4O8. The minimum absolute atomic E-state index is 0.213. The van der Waals surface area contributed by atoms with Crippen LogP contribution in [0.3, 0.4) is 0 Å². The van der Waals surface area contributed by atoms with E-state index in [-0.39, 0.29) is 6.61 Å². The summed E-state index contributed by atoms with van der Waals surface area (Å²) in [5.74, 6) is 0. The first-order valence-corrected chi connectivity index (χ1v) is 23.7. The Bertz CT molecular complexity index is 1040. The van der Waals surface area contributed by atoms with Crippen LogP contribution < -0.4 is 0 Å². The van der Waals surface area contributed by atoms with Crippen LogP contribution in [-0.4, -0.2) is 126 Å². The van der Waals surface area contributed by atoms with Crippen molar-refractivity contribution in [2.75, 3.05) is 32.8 Å². The highest BCUT2D eigenvalue weighted by molar-refractivity contribution is 4.96. The smallest absolute Gasteiger partial charge is 0.186 e. The Balaban J connectivity index is 1.91. The fourth-order valence-corrected chi connectivity index (χ4v) is 7.97. The van der Waals surface area contributed by atoms with Crippen LogP contribution in [0.25, 0.3) is 0 Å². The standard InChI is InChI=1S/C45H88N4O8/c1-4-7-10-13-14-15-16-17-18-19-20-25-30-39(51)41(52)38(36-56-45-44(55)43(54)42(53)40(35-50)57-45)49-34-37(46-47-49)29-24-23-28-33-48(31-26-21-11-8-5-2)32-27-22-12-9-6-3/h34,38-45,50-55H,4-33,35-36H2,1-3H3/t38-,39+,40+,41-,42-,43-,44+,45-/m0/s1. The van der Waals surface area contributed by atoms with Crippen molar-refractivity contribution in [2.24, 2.45) is 0 Å². The quantitative estimate of drug-likeness (QED) is 0.0367. The highest BCUT2D eigenvalue weighted by atomic mass is 16.7. The average molecular weight is 813 g/mol. The number of hydrogen-bond acceptors (Lipinski definition) is 11. The van der Waals surface area contributed by atoms with Crippen molar-refractivity contribution in [3.8, 4) is 0 Å². The van der Waals surface area contributed by atoms with Crippen LogP contribution in [0, 0.1) is 0 Å². The molecule has 0 unspecified atom stereocenters. The molecule has 6 N–H and O–H groups in total. The average Bonchev–Trinajstić information content (AvgIpc) is 3.68. The second kappa shape index (κ2) is 33.5. The van der Waals surface area contributed by atoms with Gasteiger partial charge in [-0.25, -0.2) is 4.68 Å². The first-order chi connectivity index (χ1) is 27.8. The molecular weight excluding hydrogens is 725 g/mol. The zero-order valence-electron chi connectivity index (χ0n) is 36.6. The molecule has 336 valence electrons. The molecule has 0 saturated carbocycles. The van der Waals surface area contributed by atoms with Crippen molar-refractivity contribution in [3.63, 3.8) is 0 Å². The van der Waals surface area contributed by atoms with Crippen molar-refractivity contribution < 1.29 is 40.1 Å². The summed E-state index contributed by atoms with van der Waals surface area (Å²) in [5.41, 5.74) is 0.791. The maximum Gasteiger partial charge on any atom is 0.186 e. The summed E-state index contributed by atoms with van der Waals surface area (Å²) in [7, 11) is 0. The lowest BCUT2D eigenvalue weighted by molar-refractivity contribution is -0.304. The fourth-order valence-electron chi connectivity index (χ4n) is 7.97. The third-order valence-corrected chi connectivity index (χ3v) is 11.9. The van der Waals surface area contributed by atoms with E-state index in [0.29, 0.717) is 6.42 Å². The first-order valence-electron chi connectivity index (χ1n) is 23.7. The van der Waals surface area contributed by atoms with E-state index in [0.717, 1.165) is 57.2 Å². The predicted octanol–water partition coefficient (Wildman–Crippen LogP) is 7.40. The molecule has 12 nitrogen and oxygen atoms in total. The summed E-state index contributed by atoms with van der Waals surface area (Å²) in [6, 6.07) is -0.853. The number of unbranched alkanes of at least 4 members (excludes halogenated alkanes) is 21. The Morgan fingerprint density at radius 2 is 1.12 bits per heavy atom. The Morgan fingerprint density at radius 3 is 1.63 bits per heavy atom. The van der Waals surface area contributed by atoms with Gasteiger partial charge in [-0.05, 0) is 58.2 Å². The van der Waals surface area contributed by atoms with Crippen LogP contribution in [-0.2, 0) is 15.9 Å². The Hall–Kier alpha value is -1.22. The topological polar surface area (TPSA) is 174 Å². The largest absolute Gasteiger partial charge is 0.394 e. The number of hydrogen-bond donors (Lipinski definition) is 6. The molecule has 1 aromatic rings. The van der Waals surface area contributed by atoms with Crippen LogP contribution in [0.15, 0.2) is 6.20 Å². The summed E-state index contributed by atoms with van der Waals surface area (Å²) in [4.78, 5) is 2.66. The van der Waals surface area contributed by atoms with E-state index in [1.165, 1.54) is 140 Å². The molecule has 0 radical (unpaired) electrons. The molecule has 1 aliphatic rings. The molecule has 1 fully saturated rings. The highest BCUT2D eigenvalue weighted by Gasteiger charge is 2.44. The Kier molecular flexibility index (Phi) is 30.5. The third-order valence-electron chi connectivity index (χ3n) is 11.9. The molecule has 57 heavy (non-hydrogen) atoms. The number of rotatable bonds is 38. The lowest BCUT2D eigenvalue weighted by Gasteiger charge is -2.40. The summed E-state index contributed by atoms with van der Waals surface area (Å²) in [6.07, 6.45) is 24.3. The molecule has 1 aliphatic heterocycles. The molecule has 1 aromatic heterocycles. The van der Waals surface area contributed by atoms with Crippen molar-refractivity contribution in [1.82, 2.24) is 19.9 Å². The van der Waals surface area contributed by atoms with Crippen LogP contribution >= 0.6 is 0 Å². The lowest BCUT2D eigenvalue weighted by atomic mass is 9.98. The van der Waals surface area contributed by atoms with Gasteiger partial charge in [0.1, 0.15) is 36.6 Å². The van der Waals surface area contributed by atoms with E-state index in [1.807, 2.05) is 0 Å². The molecule has 0 aromatic carbocycles. The lowest BCUT2D eigenvalue weighted by Crippen LogP contribution is -2.59. The molecule has 0 spiro atoms. The van der Waals surface area contributed by atoms with Gasteiger partial charge in [0.15, 0.2) is 6.29 Å². The number of nitrogens with zero attached hydrogens (tertiary/aromatic N) is 4. The molecule has 8 atom stereocenters. The summed E-state index contributed by atoms with van der Waals surface area (Å²) < 4.78 is 12.9.